The largest absolute Gasteiger partial charge is 0.497 e. The highest BCUT2D eigenvalue weighted by atomic mass is 35.5. The van der Waals surface area contributed by atoms with Crippen LogP contribution < -0.4 is 19.6 Å². The van der Waals surface area contributed by atoms with Crippen LogP contribution in [0, 0.1) is 13.8 Å². The average molecular weight is 613 g/mol. The summed E-state index contributed by atoms with van der Waals surface area (Å²) in [4.78, 5) is 20.1. The normalized spacial score (nSPS) is 16.1. The van der Waals surface area contributed by atoms with E-state index in [1.54, 1.807) is 13.2 Å². The summed E-state index contributed by atoms with van der Waals surface area (Å²) >= 11 is 13.9. The average Bonchev–Trinajstić information content (AvgIpc) is 3.46. The van der Waals surface area contributed by atoms with E-state index in [1.165, 1.54) is 22.5 Å². The molecule has 0 saturated heterocycles. The van der Waals surface area contributed by atoms with E-state index in [-0.39, 0.29) is 11.6 Å². The van der Waals surface area contributed by atoms with Crippen molar-refractivity contribution in [2.24, 2.45) is 4.99 Å². The van der Waals surface area contributed by atoms with Gasteiger partial charge in [0, 0.05) is 22.6 Å². The number of thiazole rings is 1. The van der Waals surface area contributed by atoms with E-state index in [4.69, 9.17) is 32.9 Å². The number of ether oxygens (including phenoxy) is 1. The maximum Gasteiger partial charge on any atom is 0.271 e. The molecule has 0 radical (unpaired) electrons. The predicted octanol–water partition coefficient (Wildman–Crippen LogP) is 7.04. The van der Waals surface area contributed by atoms with Gasteiger partial charge in [-0.05, 0) is 91.4 Å². The summed E-state index contributed by atoms with van der Waals surface area (Å²) < 4.78 is 10.2. The summed E-state index contributed by atoms with van der Waals surface area (Å²) in [6.45, 7) is 4.09. The number of methoxy groups -OCH3 is 1. The SMILES string of the molecule is COc1cccc([C@@H]2C3=C(N=c4s/c(=C/c5cc(C)n(-c6ccc(Cl)c(Cl)c6)c5C)c(=O)n42)c2ccccc2CC3)c1. The van der Waals surface area contributed by atoms with E-state index in [2.05, 4.69) is 41.0 Å². The van der Waals surface area contributed by atoms with Crippen LogP contribution in [-0.2, 0) is 6.42 Å². The summed E-state index contributed by atoms with van der Waals surface area (Å²) in [5, 5.41) is 1.01. The molecule has 8 heteroatoms. The first-order valence-electron chi connectivity index (χ1n) is 13.8. The van der Waals surface area contributed by atoms with Crippen LogP contribution in [-0.4, -0.2) is 16.2 Å². The fraction of sp³-hybridized carbons (Fsp3) is 0.176. The van der Waals surface area contributed by atoms with Crippen molar-refractivity contribution in [2.45, 2.75) is 32.7 Å². The molecule has 0 saturated carbocycles. The minimum Gasteiger partial charge on any atom is -0.497 e. The summed E-state index contributed by atoms with van der Waals surface area (Å²) in [6.07, 6.45) is 3.74. The van der Waals surface area contributed by atoms with E-state index < -0.39 is 0 Å². The molecule has 210 valence electrons. The van der Waals surface area contributed by atoms with Gasteiger partial charge in [-0.15, -0.1) is 0 Å². The Balaban J connectivity index is 1.43. The van der Waals surface area contributed by atoms with Crippen LogP contribution in [0.15, 0.2) is 88.2 Å². The number of hydrogen-bond donors (Lipinski definition) is 0. The zero-order valence-corrected chi connectivity index (χ0v) is 25.6. The summed E-state index contributed by atoms with van der Waals surface area (Å²) in [5.41, 5.74) is 9.49. The standard InChI is InChI=1S/C34H27Cl2N3O2S/c1-19-15-23(20(2)38(19)24-12-14-28(35)29(36)18-24)17-30-33(40)39-32(22-8-6-9-25(16-22)41-3)27-13-11-21-7-4-5-10-26(21)31(27)37-34(39)42-30/h4-10,12,14-18,32H,11,13H2,1-3H3/b30-17+/t32-/m1/s1. The second-order valence-corrected chi connectivity index (χ2v) is 12.5. The van der Waals surface area contributed by atoms with Gasteiger partial charge >= 0.3 is 0 Å². The van der Waals surface area contributed by atoms with Crippen LogP contribution in [0.25, 0.3) is 17.5 Å². The smallest absolute Gasteiger partial charge is 0.271 e. The minimum absolute atomic E-state index is 0.0451. The number of nitrogens with zero attached hydrogens (tertiary/aromatic N) is 3. The zero-order valence-electron chi connectivity index (χ0n) is 23.3. The second kappa shape index (κ2) is 10.5. The lowest BCUT2D eigenvalue weighted by molar-refractivity contribution is 0.413. The second-order valence-electron chi connectivity index (χ2n) is 10.7. The molecule has 3 aromatic carbocycles. The van der Waals surface area contributed by atoms with Gasteiger partial charge in [-0.2, -0.15) is 0 Å². The Labute approximate surface area is 257 Å². The number of hydrogen-bond acceptors (Lipinski definition) is 4. The Morgan fingerprint density at radius 3 is 2.62 bits per heavy atom. The number of aryl methyl sites for hydroxylation is 2. The van der Waals surface area contributed by atoms with E-state index in [9.17, 15) is 4.79 Å². The number of halogens is 2. The molecule has 0 fully saturated rings. The van der Waals surface area contributed by atoms with Crippen molar-refractivity contribution < 1.29 is 4.74 Å². The third-order valence-corrected chi connectivity index (χ3v) is 9.92. The molecule has 1 atom stereocenters. The van der Waals surface area contributed by atoms with Crippen molar-refractivity contribution in [1.29, 1.82) is 0 Å². The highest BCUT2D eigenvalue weighted by molar-refractivity contribution is 7.07. The van der Waals surface area contributed by atoms with Gasteiger partial charge in [0.2, 0.25) is 0 Å². The first kappa shape index (κ1) is 27.0. The molecule has 2 aliphatic rings. The third kappa shape index (κ3) is 4.37. The number of rotatable bonds is 4. The number of fused-ring (bicyclic) bond motifs is 3. The topological polar surface area (TPSA) is 48.5 Å². The summed E-state index contributed by atoms with van der Waals surface area (Å²) in [5.74, 6) is 0.764. The maximum absolute atomic E-state index is 14.2. The van der Waals surface area contributed by atoms with Crippen LogP contribution in [0.5, 0.6) is 5.75 Å². The van der Waals surface area contributed by atoms with E-state index >= 15 is 0 Å². The van der Waals surface area contributed by atoms with Gasteiger partial charge in [0.1, 0.15) is 5.75 Å². The quantitative estimate of drug-likeness (QED) is 0.219. The van der Waals surface area contributed by atoms with Crippen molar-refractivity contribution in [3.63, 3.8) is 0 Å². The van der Waals surface area contributed by atoms with Crippen molar-refractivity contribution >= 4 is 46.3 Å². The van der Waals surface area contributed by atoms with Crippen LogP contribution in [0.1, 0.15) is 46.1 Å². The van der Waals surface area contributed by atoms with Gasteiger partial charge in [-0.25, -0.2) is 4.99 Å². The van der Waals surface area contributed by atoms with Crippen molar-refractivity contribution in [3.8, 4) is 11.4 Å². The van der Waals surface area contributed by atoms with E-state index in [0.29, 0.717) is 19.4 Å². The van der Waals surface area contributed by atoms with Gasteiger partial charge in [0.25, 0.3) is 5.56 Å². The molecule has 1 aliphatic carbocycles. The molecule has 3 heterocycles. The van der Waals surface area contributed by atoms with Gasteiger partial charge in [0.05, 0.1) is 33.4 Å². The predicted molar refractivity (Wildman–Crippen MR) is 171 cm³/mol. The third-order valence-electron chi connectivity index (χ3n) is 8.20. The van der Waals surface area contributed by atoms with Gasteiger partial charge in [-0.3, -0.25) is 9.36 Å². The van der Waals surface area contributed by atoms with Crippen LogP contribution in [0.3, 0.4) is 0 Å². The lowest BCUT2D eigenvalue weighted by Gasteiger charge is -2.31. The molecule has 0 spiro atoms. The summed E-state index contributed by atoms with van der Waals surface area (Å²) in [6, 6.07) is 23.9. The van der Waals surface area contributed by atoms with Crippen LogP contribution >= 0.6 is 34.5 Å². The molecule has 7 rings (SSSR count). The molecular weight excluding hydrogens is 585 g/mol. The van der Waals surface area contributed by atoms with Crippen LogP contribution in [0.2, 0.25) is 10.0 Å². The van der Waals surface area contributed by atoms with E-state index in [0.717, 1.165) is 58.1 Å². The molecule has 0 unspecified atom stereocenters. The van der Waals surface area contributed by atoms with Crippen LogP contribution in [0.4, 0.5) is 0 Å². The number of aromatic nitrogens is 2. The molecule has 5 aromatic rings. The Bertz CT molecular complexity index is 2120. The van der Waals surface area contributed by atoms with E-state index in [1.807, 2.05) is 54.8 Å². The van der Waals surface area contributed by atoms with Crippen molar-refractivity contribution in [3.05, 3.63) is 142 Å². The molecular formula is C34H27Cl2N3O2S. The Morgan fingerprint density at radius 2 is 1.81 bits per heavy atom. The molecule has 5 nitrogen and oxygen atoms in total. The summed E-state index contributed by atoms with van der Waals surface area (Å²) in [7, 11) is 1.67. The lowest BCUT2D eigenvalue weighted by Crippen LogP contribution is -2.38. The molecule has 0 amide bonds. The zero-order chi connectivity index (χ0) is 29.1. The Kier molecular flexibility index (Phi) is 6.73. The maximum atomic E-state index is 14.2. The fourth-order valence-corrected chi connectivity index (χ4v) is 7.51. The molecule has 0 N–H and O–H groups in total. The molecule has 1 aliphatic heterocycles. The Hall–Kier alpha value is -3.84. The Morgan fingerprint density at radius 1 is 0.976 bits per heavy atom. The van der Waals surface area contributed by atoms with Crippen molar-refractivity contribution in [1.82, 2.24) is 9.13 Å². The molecule has 2 aromatic heterocycles. The molecule has 0 bridgehead atoms. The monoisotopic (exact) mass is 611 g/mol. The van der Waals surface area contributed by atoms with Gasteiger partial charge in [-0.1, -0.05) is 70.9 Å². The van der Waals surface area contributed by atoms with Gasteiger partial charge < -0.3 is 9.30 Å². The number of allylic oxidation sites excluding steroid dienone is 1. The van der Waals surface area contributed by atoms with Gasteiger partial charge in [0.15, 0.2) is 4.80 Å². The first-order chi connectivity index (χ1) is 20.3. The highest BCUT2D eigenvalue weighted by Gasteiger charge is 2.32. The minimum atomic E-state index is -0.259. The highest BCUT2D eigenvalue weighted by Crippen LogP contribution is 2.41. The number of benzene rings is 3. The first-order valence-corrected chi connectivity index (χ1v) is 15.3. The lowest BCUT2D eigenvalue weighted by atomic mass is 9.83. The van der Waals surface area contributed by atoms with Crippen molar-refractivity contribution in [2.75, 3.05) is 7.11 Å². The molecule has 42 heavy (non-hydrogen) atoms. The fourth-order valence-electron chi connectivity index (χ4n) is 6.23.